The van der Waals surface area contributed by atoms with Crippen LogP contribution in [0.15, 0.2) is 59.7 Å². The highest BCUT2D eigenvalue weighted by atomic mass is 35.5. The van der Waals surface area contributed by atoms with Crippen LogP contribution in [0.4, 0.5) is 0 Å². The Kier molecular flexibility index (Phi) is 4.05. The van der Waals surface area contributed by atoms with Crippen LogP contribution in [0, 0.1) is 0 Å². The van der Waals surface area contributed by atoms with Gasteiger partial charge in [0.2, 0.25) is 0 Å². The first-order valence-electron chi connectivity index (χ1n) is 9.38. The van der Waals surface area contributed by atoms with Gasteiger partial charge in [-0.15, -0.1) is 0 Å². The molecule has 6 heteroatoms. The smallest absolute Gasteiger partial charge is 0.286 e. The average Bonchev–Trinajstić information content (AvgIpc) is 3.09. The molecule has 1 atom stereocenters. The lowest BCUT2D eigenvalue weighted by Crippen LogP contribution is -2.28. The fourth-order valence-corrected chi connectivity index (χ4v) is 4.23. The zero-order valence-corrected chi connectivity index (χ0v) is 16.2. The van der Waals surface area contributed by atoms with E-state index in [4.69, 9.17) is 16.6 Å². The van der Waals surface area contributed by atoms with Crippen molar-refractivity contribution in [1.29, 1.82) is 0 Å². The summed E-state index contributed by atoms with van der Waals surface area (Å²) in [6, 6.07) is 15.8. The van der Waals surface area contributed by atoms with Crippen molar-refractivity contribution in [3.05, 3.63) is 87.2 Å². The molecule has 140 valence electrons. The Morgan fingerprint density at radius 3 is 2.61 bits per heavy atom. The number of aromatic nitrogens is 4. The van der Waals surface area contributed by atoms with E-state index in [0.29, 0.717) is 16.2 Å². The van der Waals surface area contributed by atoms with Crippen molar-refractivity contribution in [2.45, 2.75) is 25.2 Å². The highest BCUT2D eigenvalue weighted by molar-refractivity contribution is 6.30. The van der Waals surface area contributed by atoms with E-state index in [9.17, 15) is 4.79 Å². The topological polar surface area (TPSA) is 52.7 Å². The van der Waals surface area contributed by atoms with Crippen molar-refractivity contribution in [2.24, 2.45) is 7.05 Å². The molecule has 0 aliphatic heterocycles. The molecule has 2 heterocycles. The second kappa shape index (κ2) is 6.60. The summed E-state index contributed by atoms with van der Waals surface area (Å²) in [4.78, 5) is 22.6. The zero-order chi connectivity index (χ0) is 19.3. The number of fused-ring (bicyclic) bond motifs is 2. The van der Waals surface area contributed by atoms with Gasteiger partial charge < -0.3 is 4.57 Å². The van der Waals surface area contributed by atoms with E-state index in [1.54, 1.807) is 23.0 Å². The molecule has 0 N–H and O–H groups in total. The minimum absolute atomic E-state index is 0.137. The summed E-state index contributed by atoms with van der Waals surface area (Å²) in [5.74, 6) is 0.954. The van der Waals surface area contributed by atoms with Crippen molar-refractivity contribution in [1.82, 2.24) is 19.1 Å². The van der Waals surface area contributed by atoms with Crippen LogP contribution in [0.25, 0.3) is 16.9 Å². The van der Waals surface area contributed by atoms with Gasteiger partial charge in [0.1, 0.15) is 5.82 Å². The van der Waals surface area contributed by atoms with Gasteiger partial charge >= 0.3 is 0 Å². The maximum Gasteiger partial charge on any atom is 0.286 e. The highest BCUT2D eigenvalue weighted by Gasteiger charge is 2.26. The molecule has 4 aromatic rings. The molecule has 0 saturated carbocycles. The average molecular weight is 391 g/mol. The largest absolute Gasteiger partial charge is 0.318 e. The predicted molar refractivity (Wildman–Crippen MR) is 110 cm³/mol. The zero-order valence-electron chi connectivity index (χ0n) is 15.5. The van der Waals surface area contributed by atoms with Crippen molar-refractivity contribution >= 4 is 22.8 Å². The standard InChI is InChI=1S/C22H19ClN4O/c1-26-13-24-19-21(26)25-20(16-7-6-14-4-2-3-5-15(14)12-16)27(22(19)28)18-10-8-17(23)9-11-18/h2-5,8-11,13,16H,6-7,12H2,1H3. The number of hydrogen-bond donors (Lipinski definition) is 0. The van der Waals surface area contributed by atoms with E-state index < -0.39 is 0 Å². The molecule has 0 spiro atoms. The number of halogens is 1. The Labute approximate surface area is 167 Å². The molecule has 2 aromatic carbocycles. The van der Waals surface area contributed by atoms with Crippen molar-refractivity contribution in [3.8, 4) is 5.69 Å². The van der Waals surface area contributed by atoms with Crippen LogP contribution in [-0.4, -0.2) is 19.1 Å². The number of aryl methyl sites for hydroxylation is 2. The third kappa shape index (κ3) is 2.74. The molecule has 1 aliphatic carbocycles. The van der Waals surface area contributed by atoms with Crippen molar-refractivity contribution < 1.29 is 0 Å². The fourth-order valence-electron chi connectivity index (χ4n) is 4.11. The first-order valence-corrected chi connectivity index (χ1v) is 9.76. The Balaban J connectivity index is 1.73. The second-order valence-corrected chi connectivity index (χ2v) is 7.76. The molecule has 5 nitrogen and oxygen atoms in total. The van der Waals surface area contributed by atoms with Crippen LogP contribution in [0.2, 0.25) is 5.02 Å². The van der Waals surface area contributed by atoms with Gasteiger partial charge in [0.25, 0.3) is 5.56 Å². The third-order valence-electron chi connectivity index (χ3n) is 5.56. The Bertz CT molecular complexity index is 1240. The summed E-state index contributed by atoms with van der Waals surface area (Å²) in [5, 5.41) is 0.636. The van der Waals surface area contributed by atoms with E-state index in [1.165, 1.54) is 11.1 Å². The summed E-state index contributed by atoms with van der Waals surface area (Å²) in [7, 11) is 1.87. The molecule has 5 rings (SSSR count). The molecule has 2 aromatic heterocycles. The number of hydrogen-bond acceptors (Lipinski definition) is 3. The summed E-state index contributed by atoms with van der Waals surface area (Å²) in [5.41, 5.74) is 4.37. The van der Waals surface area contributed by atoms with Crippen LogP contribution >= 0.6 is 11.6 Å². The molecular formula is C22H19ClN4O. The van der Waals surface area contributed by atoms with E-state index in [1.807, 2.05) is 23.7 Å². The van der Waals surface area contributed by atoms with E-state index in [-0.39, 0.29) is 11.5 Å². The minimum atomic E-state index is -0.137. The van der Waals surface area contributed by atoms with Crippen LogP contribution in [-0.2, 0) is 19.9 Å². The van der Waals surface area contributed by atoms with Crippen molar-refractivity contribution in [3.63, 3.8) is 0 Å². The molecule has 0 radical (unpaired) electrons. The van der Waals surface area contributed by atoms with Gasteiger partial charge in [0, 0.05) is 18.0 Å². The number of imidazole rings is 1. The monoisotopic (exact) mass is 390 g/mol. The second-order valence-electron chi connectivity index (χ2n) is 7.32. The normalized spacial score (nSPS) is 16.3. The number of nitrogens with zero attached hydrogens (tertiary/aromatic N) is 4. The maximum absolute atomic E-state index is 13.4. The van der Waals surface area contributed by atoms with Crippen LogP contribution in [0.3, 0.4) is 0 Å². The van der Waals surface area contributed by atoms with E-state index in [2.05, 4.69) is 29.2 Å². The molecule has 1 unspecified atom stereocenters. The summed E-state index contributed by atoms with van der Waals surface area (Å²) in [6.45, 7) is 0. The Hall–Kier alpha value is -2.92. The predicted octanol–water partition coefficient (Wildman–Crippen LogP) is 4.05. The molecule has 0 amide bonds. The van der Waals surface area contributed by atoms with Gasteiger partial charge in [-0.25, -0.2) is 9.97 Å². The van der Waals surface area contributed by atoms with E-state index >= 15 is 0 Å². The first-order chi connectivity index (χ1) is 13.6. The maximum atomic E-state index is 13.4. The lowest BCUT2D eigenvalue weighted by Gasteiger charge is -2.26. The summed E-state index contributed by atoms with van der Waals surface area (Å²) >= 11 is 6.06. The Morgan fingerprint density at radius 2 is 1.82 bits per heavy atom. The first kappa shape index (κ1) is 17.2. The quantitative estimate of drug-likeness (QED) is 0.519. The molecular weight excluding hydrogens is 372 g/mol. The van der Waals surface area contributed by atoms with Gasteiger partial charge in [-0.1, -0.05) is 35.9 Å². The Morgan fingerprint density at radius 1 is 1.07 bits per heavy atom. The van der Waals surface area contributed by atoms with Gasteiger partial charge in [-0.05, 0) is 54.7 Å². The van der Waals surface area contributed by atoms with Gasteiger partial charge in [-0.2, -0.15) is 0 Å². The minimum Gasteiger partial charge on any atom is -0.318 e. The molecule has 0 fully saturated rings. The van der Waals surface area contributed by atoms with Gasteiger partial charge in [0.05, 0.1) is 12.0 Å². The number of benzene rings is 2. The fraction of sp³-hybridized carbons (Fsp3) is 0.227. The van der Waals surface area contributed by atoms with Gasteiger partial charge in [0.15, 0.2) is 11.2 Å². The third-order valence-corrected chi connectivity index (χ3v) is 5.81. The van der Waals surface area contributed by atoms with Gasteiger partial charge in [-0.3, -0.25) is 9.36 Å². The van der Waals surface area contributed by atoms with Crippen LogP contribution in [0.1, 0.15) is 29.3 Å². The SMILES string of the molecule is Cn1cnc2c(=O)n(-c3ccc(Cl)cc3)c(C3CCc4ccccc4C3)nc21. The summed E-state index contributed by atoms with van der Waals surface area (Å²) in [6.07, 6.45) is 4.46. The molecule has 1 aliphatic rings. The molecule has 0 saturated heterocycles. The molecule has 0 bridgehead atoms. The van der Waals surface area contributed by atoms with Crippen LogP contribution < -0.4 is 5.56 Å². The lowest BCUT2D eigenvalue weighted by atomic mass is 9.83. The number of rotatable bonds is 2. The lowest BCUT2D eigenvalue weighted by molar-refractivity contribution is 0.540. The van der Waals surface area contributed by atoms with E-state index in [0.717, 1.165) is 30.8 Å². The van der Waals surface area contributed by atoms with Crippen molar-refractivity contribution in [2.75, 3.05) is 0 Å². The van der Waals surface area contributed by atoms with Crippen LogP contribution in [0.5, 0.6) is 0 Å². The highest BCUT2D eigenvalue weighted by Crippen LogP contribution is 2.32. The summed E-state index contributed by atoms with van der Waals surface area (Å²) < 4.78 is 3.52. The molecule has 28 heavy (non-hydrogen) atoms.